The molecular formula is C20H20Cl2F2O. The lowest BCUT2D eigenvalue weighted by Crippen LogP contribution is -2.20. The van der Waals surface area contributed by atoms with Gasteiger partial charge in [-0.25, -0.2) is 8.78 Å². The van der Waals surface area contributed by atoms with E-state index in [0.29, 0.717) is 24.0 Å². The van der Waals surface area contributed by atoms with Crippen molar-refractivity contribution >= 4 is 29.0 Å². The highest BCUT2D eigenvalue weighted by molar-refractivity contribution is 6.52. The van der Waals surface area contributed by atoms with Gasteiger partial charge in [-0.2, -0.15) is 0 Å². The van der Waals surface area contributed by atoms with Crippen molar-refractivity contribution in [2.24, 2.45) is 11.8 Å². The predicted molar refractivity (Wildman–Crippen MR) is 97.3 cm³/mol. The third-order valence-corrected chi connectivity index (χ3v) is 6.39. The zero-order valence-corrected chi connectivity index (χ0v) is 15.7. The van der Waals surface area contributed by atoms with Crippen LogP contribution in [0.3, 0.4) is 0 Å². The van der Waals surface area contributed by atoms with Crippen LogP contribution in [0.4, 0.5) is 8.78 Å². The number of hydrogen-bond acceptors (Lipinski definition) is 1. The van der Waals surface area contributed by atoms with Crippen molar-refractivity contribution in [2.75, 3.05) is 0 Å². The Balaban J connectivity index is 1.95. The van der Waals surface area contributed by atoms with Gasteiger partial charge in [0.05, 0.1) is 0 Å². The first kappa shape index (κ1) is 18.6. The SMILES string of the molecule is C=C(C)C1CC(=O)C(C)=C(C2C(c3cccc(C(F)F)c3)C2(Cl)Cl)C1. The Morgan fingerprint density at radius 1 is 1.28 bits per heavy atom. The van der Waals surface area contributed by atoms with E-state index in [4.69, 9.17) is 23.2 Å². The van der Waals surface area contributed by atoms with Gasteiger partial charge in [-0.15, -0.1) is 23.2 Å². The van der Waals surface area contributed by atoms with Gasteiger partial charge in [0, 0.05) is 23.8 Å². The second kappa shape index (κ2) is 6.51. The molecule has 0 heterocycles. The van der Waals surface area contributed by atoms with Crippen LogP contribution in [0.5, 0.6) is 0 Å². The number of halogens is 4. The third-order valence-electron chi connectivity index (χ3n) is 5.45. The Morgan fingerprint density at radius 2 is 1.96 bits per heavy atom. The number of ketones is 1. The van der Waals surface area contributed by atoms with E-state index in [0.717, 1.165) is 11.1 Å². The van der Waals surface area contributed by atoms with Crippen LogP contribution in [-0.4, -0.2) is 10.1 Å². The van der Waals surface area contributed by atoms with Crippen molar-refractivity contribution in [3.63, 3.8) is 0 Å². The fourth-order valence-electron chi connectivity index (χ4n) is 3.82. The molecule has 5 heteroatoms. The number of rotatable bonds is 4. The van der Waals surface area contributed by atoms with Crippen molar-refractivity contribution < 1.29 is 13.6 Å². The minimum absolute atomic E-state index is 0.0440. The monoisotopic (exact) mass is 384 g/mol. The van der Waals surface area contributed by atoms with Gasteiger partial charge in [-0.05, 0) is 43.4 Å². The molecule has 1 fully saturated rings. The molecule has 25 heavy (non-hydrogen) atoms. The zero-order chi connectivity index (χ0) is 18.5. The second-order valence-corrected chi connectivity index (χ2v) is 8.57. The number of benzene rings is 1. The molecular weight excluding hydrogens is 365 g/mol. The van der Waals surface area contributed by atoms with Gasteiger partial charge in [-0.1, -0.05) is 35.9 Å². The molecule has 2 aliphatic carbocycles. The molecule has 3 atom stereocenters. The summed E-state index contributed by atoms with van der Waals surface area (Å²) in [5, 5.41) is 0. The Labute approximate surface area is 156 Å². The number of hydrogen-bond donors (Lipinski definition) is 0. The topological polar surface area (TPSA) is 17.1 Å². The highest BCUT2D eigenvalue weighted by Gasteiger charge is 2.65. The average molecular weight is 385 g/mol. The van der Waals surface area contributed by atoms with Gasteiger partial charge in [0.1, 0.15) is 4.33 Å². The summed E-state index contributed by atoms with van der Waals surface area (Å²) >= 11 is 13.0. The molecule has 1 nitrogen and oxygen atoms in total. The second-order valence-electron chi connectivity index (χ2n) is 7.13. The van der Waals surface area contributed by atoms with E-state index in [9.17, 15) is 13.6 Å². The first-order chi connectivity index (χ1) is 11.6. The van der Waals surface area contributed by atoms with Crippen molar-refractivity contribution in [1.29, 1.82) is 0 Å². The summed E-state index contributed by atoms with van der Waals surface area (Å²) in [5.41, 5.74) is 3.27. The summed E-state index contributed by atoms with van der Waals surface area (Å²) in [5.74, 6) is -0.333. The first-order valence-corrected chi connectivity index (χ1v) is 9.04. The molecule has 3 rings (SSSR count). The van der Waals surface area contributed by atoms with Crippen molar-refractivity contribution in [1.82, 2.24) is 0 Å². The maximum atomic E-state index is 13.0. The molecule has 134 valence electrons. The summed E-state index contributed by atoms with van der Waals surface area (Å²) < 4.78 is 24.9. The minimum atomic E-state index is -2.54. The normalized spacial score (nSPS) is 28.4. The Bertz CT molecular complexity index is 767. The quantitative estimate of drug-likeness (QED) is 0.434. The molecule has 0 radical (unpaired) electrons. The number of allylic oxidation sites excluding steroid dienone is 3. The highest BCUT2D eigenvalue weighted by Crippen LogP contribution is 2.69. The van der Waals surface area contributed by atoms with Gasteiger partial charge < -0.3 is 0 Å². The van der Waals surface area contributed by atoms with Crippen LogP contribution in [0.1, 0.15) is 50.2 Å². The van der Waals surface area contributed by atoms with Gasteiger partial charge in [-0.3, -0.25) is 4.79 Å². The maximum Gasteiger partial charge on any atom is 0.263 e. The molecule has 0 amide bonds. The van der Waals surface area contributed by atoms with Crippen LogP contribution in [0.15, 0.2) is 47.6 Å². The molecule has 1 saturated carbocycles. The van der Waals surface area contributed by atoms with Crippen LogP contribution in [0.2, 0.25) is 0 Å². The van der Waals surface area contributed by atoms with Gasteiger partial charge in [0.15, 0.2) is 5.78 Å². The Hall–Kier alpha value is -1.19. The lowest BCUT2D eigenvalue weighted by atomic mass is 9.78. The van der Waals surface area contributed by atoms with E-state index < -0.39 is 10.8 Å². The molecule has 0 bridgehead atoms. The van der Waals surface area contributed by atoms with Crippen LogP contribution in [0.25, 0.3) is 0 Å². The van der Waals surface area contributed by atoms with E-state index in [2.05, 4.69) is 6.58 Å². The molecule has 3 unspecified atom stereocenters. The summed E-state index contributed by atoms with van der Waals surface area (Å²) in [6.45, 7) is 7.70. The van der Waals surface area contributed by atoms with E-state index in [-0.39, 0.29) is 29.1 Å². The predicted octanol–water partition coefficient (Wildman–Crippen LogP) is 6.38. The number of alkyl halides is 4. The average Bonchev–Trinajstić information content (AvgIpc) is 3.11. The van der Waals surface area contributed by atoms with Crippen molar-refractivity contribution in [3.8, 4) is 0 Å². The fraction of sp³-hybridized carbons (Fsp3) is 0.450. The largest absolute Gasteiger partial charge is 0.295 e. The maximum absolute atomic E-state index is 13.0. The summed E-state index contributed by atoms with van der Waals surface area (Å²) in [6, 6.07) is 6.22. The summed E-state index contributed by atoms with van der Waals surface area (Å²) in [4.78, 5) is 12.4. The van der Waals surface area contributed by atoms with E-state index in [1.807, 2.05) is 6.92 Å². The third kappa shape index (κ3) is 3.29. The van der Waals surface area contributed by atoms with Crippen LogP contribution < -0.4 is 0 Å². The lowest BCUT2D eigenvalue weighted by molar-refractivity contribution is -0.116. The Kier molecular flexibility index (Phi) is 4.85. The molecule has 0 saturated heterocycles. The Morgan fingerprint density at radius 3 is 2.56 bits per heavy atom. The first-order valence-electron chi connectivity index (χ1n) is 8.28. The van der Waals surface area contributed by atoms with E-state index in [1.54, 1.807) is 19.1 Å². The molecule has 0 aliphatic heterocycles. The lowest BCUT2D eigenvalue weighted by Gasteiger charge is -2.26. The fourth-order valence-corrected chi connectivity index (χ4v) is 4.71. The van der Waals surface area contributed by atoms with Crippen LogP contribution in [-0.2, 0) is 4.79 Å². The van der Waals surface area contributed by atoms with Crippen molar-refractivity contribution in [2.45, 2.75) is 43.4 Å². The van der Waals surface area contributed by atoms with Crippen LogP contribution in [0, 0.1) is 11.8 Å². The van der Waals surface area contributed by atoms with E-state index in [1.165, 1.54) is 12.1 Å². The number of Topliss-reactive ketones (excluding diaryl/α,β-unsaturated/α-hetero) is 1. The molecule has 1 aromatic carbocycles. The van der Waals surface area contributed by atoms with Crippen molar-refractivity contribution in [3.05, 3.63) is 58.7 Å². The smallest absolute Gasteiger partial charge is 0.263 e. The summed E-state index contributed by atoms with van der Waals surface area (Å²) in [7, 11) is 0. The number of carbonyl (C=O) groups is 1. The van der Waals surface area contributed by atoms with E-state index >= 15 is 0 Å². The minimum Gasteiger partial charge on any atom is -0.295 e. The molecule has 0 N–H and O–H groups in total. The number of carbonyl (C=O) groups excluding carboxylic acids is 1. The molecule has 1 aromatic rings. The zero-order valence-electron chi connectivity index (χ0n) is 14.2. The molecule has 2 aliphatic rings. The summed E-state index contributed by atoms with van der Waals surface area (Å²) in [6.07, 6.45) is -1.38. The van der Waals surface area contributed by atoms with Gasteiger partial charge in [0.25, 0.3) is 6.43 Å². The standard InChI is InChI=1S/C20H20Cl2F2O/c1-10(2)14-8-15(11(3)16(25)9-14)18-17(20(18,21)22)12-5-4-6-13(7-12)19(23)24/h4-7,14,17-19H,1,8-9H2,2-3H3. The molecule has 0 aromatic heterocycles. The molecule has 0 spiro atoms. The highest BCUT2D eigenvalue weighted by atomic mass is 35.5. The van der Waals surface area contributed by atoms with Gasteiger partial charge >= 0.3 is 0 Å². The van der Waals surface area contributed by atoms with Crippen LogP contribution >= 0.6 is 23.2 Å². The van der Waals surface area contributed by atoms with Gasteiger partial charge in [0.2, 0.25) is 0 Å².